The summed E-state index contributed by atoms with van der Waals surface area (Å²) < 4.78 is 3.92. The van der Waals surface area contributed by atoms with Gasteiger partial charge in [-0.3, -0.25) is 16.0 Å². The maximum absolute atomic E-state index is 5.67. The fraction of sp³-hybridized carbons (Fsp3) is 0.286. The van der Waals surface area contributed by atoms with E-state index in [-0.39, 0.29) is 6.04 Å². The number of fused-ring (bicyclic) bond motifs is 1. The van der Waals surface area contributed by atoms with Crippen molar-refractivity contribution in [2.45, 2.75) is 19.0 Å². The Morgan fingerprint density at radius 3 is 2.90 bits per heavy atom. The van der Waals surface area contributed by atoms with Gasteiger partial charge >= 0.3 is 0 Å². The quantitative estimate of drug-likeness (QED) is 0.532. The molecule has 6 heteroatoms. The first-order valence-electron chi connectivity index (χ1n) is 6.61. The molecular weight excluding hydrogens is 252 g/mol. The lowest BCUT2D eigenvalue weighted by Crippen LogP contribution is -2.40. The van der Waals surface area contributed by atoms with Crippen molar-refractivity contribution >= 4 is 11.0 Å². The molecule has 0 saturated heterocycles. The first-order chi connectivity index (χ1) is 9.76. The van der Waals surface area contributed by atoms with E-state index in [0.29, 0.717) is 0 Å². The molecule has 0 aliphatic rings. The molecule has 20 heavy (non-hydrogen) atoms. The summed E-state index contributed by atoms with van der Waals surface area (Å²) in [5.74, 6) is 5.67. The van der Waals surface area contributed by atoms with Crippen molar-refractivity contribution in [3.05, 3.63) is 48.5 Å². The standard InChI is InChI=1S/C14H18N6/c1-19-7-6-11(18-19)8-12(17-15)9-20-10-16-13-4-2-3-5-14(13)20/h2-7,10,12,17H,8-9,15H2,1H3. The normalized spacial score (nSPS) is 12.9. The molecule has 0 fully saturated rings. The molecule has 3 aromatic rings. The zero-order valence-corrected chi connectivity index (χ0v) is 11.4. The number of para-hydroxylation sites is 2. The summed E-state index contributed by atoms with van der Waals surface area (Å²) in [5, 5.41) is 4.39. The molecule has 2 aromatic heterocycles. The summed E-state index contributed by atoms with van der Waals surface area (Å²) in [7, 11) is 1.91. The molecule has 0 aliphatic heterocycles. The molecule has 6 nitrogen and oxygen atoms in total. The molecule has 104 valence electrons. The van der Waals surface area contributed by atoms with Crippen molar-refractivity contribution in [2.24, 2.45) is 12.9 Å². The van der Waals surface area contributed by atoms with Crippen molar-refractivity contribution in [1.82, 2.24) is 24.8 Å². The number of rotatable bonds is 5. The first kappa shape index (κ1) is 12.8. The van der Waals surface area contributed by atoms with Crippen LogP contribution in [0.25, 0.3) is 11.0 Å². The van der Waals surface area contributed by atoms with Gasteiger partial charge in [0.15, 0.2) is 0 Å². The summed E-state index contributed by atoms with van der Waals surface area (Å²) in [4.78, 5) is 4.39. The first-order valence-corrected chi connectivity index (χ1v) is 6.61. The molecule has 1 unspecified atom stereocenters. The number of hydrogen-bond acceptors (Lipinski definition) is 4. The Hall–Kier alpha value is -2.18. The summed E-state index contributed by atoms with van der Waals surface area (Å²) in [6.07, 6.45) is 4.58. The lowest BCUT2D eigenvalue weighted by Gasteiger charge is -2.15. The molecule has 3 rings (SSSR count). The number of benzene rings is 1. The van der Waals surface area contributed by atoms with E-state index in [1.807, 2.05) is 43.8 Å². The van der Waals surface area contributed by atoms with Crippen LogP contribution >= 0.6 is 0 Å². The molecule has 1 aromatic carbocycles. The van der Waals surface area contributed by atoms with Gasteiger partial charge in [-0.15, -0.1) is 0 Å². The van der Waals surface area contributed by atoms with E-state index in [4.69, 9.17) is 5.84 Å². The van der Waals surface area contributed by atoms with Crippen LogP contribution in [0.15, 0.2) is 42.9 Å². The molecule has 0 bridgehead atoms. The summed E-state index contributed by atoms with van der Waals surface area (Å²) in [5.41, 5.74) is 6.01. The number of aryl methyl sites for hydroxylation is 1. The molecule has 0 saturated carbocycles. The maximum atomic E-state index is 5.67. The molecule has 2 heterocycles. The molecule has 0 spiro atoms. The van der Waals surface area contributed by atoms with Gasteiger partial charge in [0.05, 0.1) is 23.1 Å². The number of nitrogens with one attached hydrogen (secondary N) is 1. The van der Waals surface area contributed by atoms with E-state index in [1.54, 1.807) is 4.68 Å². The lowest BCUT2D eigenvalue weighted by molar-refractivity contribution is 0.455. The highest BCUT2D eigenvalue weighted by molar-refractivity contribution is 5.74. The van der Waals surface area contributed by atoms with Crippen LogP contribution in [-0.2, 0) is 20.0 Å². The Morgan fingerprint density at radius 2 is 2.15 bits per heavy atom. The number of imidazole rings is 1. The number of nitrogens with zero attached hydrogens (tertiary/aromatic N) is 4. The van der Waals surface area contributed by atoms with E-state index in [9.17, 15) is 0 Å². The third-order valence-corrected chi connectivity index (χ3v) is 3.40. The number of hydrazine groups is 1. The van der Waals surface area contributed by atoms with Gasteiger partial charge in [0.25, 0.3) is 0 Å². The van der Waals surface area contributed by atoms with Crippen LogP contribution in [0.4, 0.5) is 0 Å². The minimum Gasteiger partial charge on any atom is -0.329 e. The second-order valence-electron chi connectivity index (χ2n) is 4.93. The van der Waals surface area contributed by atoms with Gasteiger partial charge < -0.3 is 4.57 Å². The van der Waals surface area contributed by atoms with E-state index in [1.165, 1.54) is 0 Å². The smallest absolute Gasteiger partial charge is 0.0958 e. The van der Waals surface area contributed by atoms with Crippen LogP contribution in [0, 0.1) is 0 Å². The highest BCUT2D eigenvalue weighted by atomic mass is 15.3. The van der Waals surface area contributed by atoms with Crippen LogP contribution in [0.5, 0.6) is 0 Å². The summed E-state index contributed by atoms with van der Waals surface area (Å²) in [6.45, 7) is 0.758. The predicted molar refractivity (Wildman–Crippen MR) is 77.8 cm³/mol. The minimum atomic E-state index is 0.113. The molecule has 3 N–H and O–H groups in total. The third-order valence-electron chi connectivity index (χ3n) is 3.40. The minimum absolute atomic E-state index is 0.113. The maximum Gasteiger partial charge on any atom is 0.0958 e. The van der Waals surface area contributed by atoms with Gasteiger partial charge in [-0.1, -0.05) is 12.1 Å². The average molecular weight is 270 g/mol. The summed E-state index contributed by atoms with van der Waals surface area (Å²) in [6, 6.07) is 10.2. The van der Waals surface area contributed by atoms with Crippen LogP contribution in [0.2, 0.25) is 0 Å². The van der Waals surface area contributed by atoms with Gasteiger partial charge in [-0.05, 0) is 18.2 Å². The van der Waals surface area contributed by atoms with E-state index < -0.39 is 0 Å². The van der Waals surface area contributed by atoms with Gasteiger partial charge in [-0.25, -0.2) is 4.98 Å². The van der Waals surface area contributed by atoms with Crippen molar-refractivity contribution in [1.29, 1.82) is 0 Å². The van der Waals surface area contributed by atoms with Gasteiger partial charge in [-0.2, -0.15) is 5.10 Å². The fourth-order valence-corrected chi connectivity index (χ4v) is 2.39. The highest BCUT2D eigenvalue weighted by Gasteiger charge is 2.12. The average Bonchev–Trinajstić information content (AvgIpc) is 3.05. The topological polar surface area (TPSA) is 73.7 Å². The van der Waals surface area contributed by atoms with Crippen LogP contribution in [-0.4, -0.2) is 25.4 Å². The molecular formula is C14H18N6. The van der Waals surface area contributed by atoms with E-state index >= 15 is 0 Å². The third kappa shape index (κ3) is 2.56. The van der Waals surface area contributed by atoms with Gasteiger partial charge in [0.1, 0.15) is 0 Å². The SMILES string of the molecule is Cn1ccc(CC(Cn2cnc3ccccc32)NN)n1. The Morgan fingerprint density at radius 1 is 1.30 bits per heavy atom. The zero-order chi connectivity index (χ0) is 13.9. The van der Waals surface area contributed by atoms with Crippen LogP contribution in [0.1, 0.15) is 5.69 Å². The molecule has 0 radical (unpaired) electrons. The number of aromatic nitrogens is 4. The molecule has 0 amide bonds. The highest BCUT2D eigenvalue weighted by Crippen LogP contribution is 2.13. The van der Waals surface area contributed by atoms with E-state index in [2.05, 4.69) is 26.1 Å². The van der Waals surface area contributed by atoms with Crippen molar-refractivity contribution < 1.29 is 0 Å². The van der Waals surface area contributed by atoms with Gasteiger partial charge in [0, 0.05) is 32.3 Å². The summed E-state index contributed by atoms with van der Waals surface area (Å²) >= 11 is 0. The predicted octanol–water partition coefficient (Wildman–Crippen LogP) is 0.844. The monoisotopic (exact) mass is 270 g/mol. The van der Waals surface area contributed by atoms with Crippen molar-refractivity contribution in [3.63, 3.8) is 0 Å². The Kier molecular flexibility index (Phi) is 3.49. The van der Waals surface area contributed by atoms with E-state index in [0.717, 1.165) is 29.7 Å². The fourth-order valence-electron chi connectivity index (χ4n) is 2.39. The van der Waals surface area contributed by atoms with Crippen molar-refractivity contribution in [3.8, 4) is 0 Å². The number of nitrogens with two attached hydrogens (primary N) is 1. The largest absolute Gasteiger partial charge is 0.329 e. The van der Waals surface area contributed by atoms with Crippen LogP contribution in [0.3, 0.4) is 0 Å². The zero-order valence-electron chi connectivity index (χ0n) is 11.4. The lowest BCUT2D eigenvalue weighted by atomic mass is 10.1. The van der Waals surface area contributed by atoms with Crippen molar-refractivity contribution in [2.75, 3.05) is 0 Å². The Bertz CT molecular complexity index is 698. The Balaban J connectivity index is 1.77. The molecule has 1 atom stereocenters. The Labute approximate surface area is 117 Å². The van der Waals surface area contributed by atoms with Gasteiger partial charge in [0.2, 0.25) is 0 Å². The van der Waals surface area contributed by atoms with Crippen LogP contribution < -0.4 is 11.3 Å². The second-order valence-corrected chi connectivity index (χ2v) is 4.93. The number of hydrogen-bond donors (Lipinski definition) is 2. The molecule has 0 aliphatic carbocycles. The second kappa shape index (κ2) is 5.44.